The van der Waals surface area contributed by atoms with Gasteiger partial charge in [0.15, 0.2) is 0 Å². The number of fused-ring (bicyclic) bond motifs is 24. The molecule has 0 bridgehead atoms. The number of aromatic nitrogens is 2. The third-order valence-electron chi connectivity index (χ3n) is 27.1. The van der Waals surface area contributed by atoms with Crippen LogP contribution in [-0.4, -0.2) is 22.6 Å². The molecule has 23 aromatic rings. The summed E-state index contributed by atoms with van der Waals surface area (Å²) in [4.78, 5) is 10.4. The van der Waals surface area contributed by atoms with Gasteiger partial charge in [0.25, 0.3) is 13.4 Å². The van der Waals surface area contributed by atoms with E-state index in [4.69, 9.17) is 0 Å². The van der Waals surface area contributed by atoms with E-state index in [1.807, 2.05) is 0 Å². The van der Waals surface area contributed by atoms with Gasteiger partial charge in [-0.25, -0.2) is 0 Å². The van der Waals surface area contributed by atoms with E-state index in [1.54, 1.807) is 0 Å². The fourth-order valence-corrected chi connectivity index (χ4v) is 22.1. The molecule has 21 aromatic carbocycles. The average molecular weight is 1550 g/mol. The SMILES string of the molecule is c1ccc(N2c3ccccc3B3c4cc5c(cc4N(c4ccccc4)c4cc(-n6c7ccc(-c8cc9ccccc9c9ccccc89)cc7c7c8ccccc8ccc76)cc2c43)N(c2ccccc2)c2cc(-n3c4ccc(-c6cc7ccccc7c7ccccc67)cc4c4c6ccccc6ccc43)cc3c2B5c2ccccc2N3c2ccccc2)cc1. The highest BCUT2D eigenvalue weighted by Gasteiger charge is 2.49. The highest BCUT2D eigenvalue weighted by atomic mass is 15.2. The Morgan fingerprint density at radius 3 is 0.869 bits per heavy atom. The Bertz CT molecular complexity index is 7960. The molecule has 6 nitrogen and oxygen atoms in total. The van der Waals surface area contributed by atoms with Crippen molar-refractivity contribution in [3.05, 3.63) is 425 Å². The maximum Gasteiger partial charge on any atom is 0.252 e. The highest BCUT2D eigenvalue weighted by molar-refractivity contribution is 7.03. The van der Waals surface area contributed by atoms with Crippen LogP contribution < -0.4 is 52.4 Å². The number of rotatable bonds is 8. The minimum absolute atomic E-state index is 0.216. The third-order valence-corrected chi connectivity index (χ3v) is 27.1. The van der Waals surface area contributed by atoms with E-state index in [-0.39, 0.29) is 13.4 Å². The minimum atomic E-state index is -0.216. The van der Waals surface area contributed by atoms with Crippen LogP contribution >= 0.6 is 0 Å². The fraction of sp³-hybridized carbons (Fsp3) is 0. The van der Waals surface area contributed by atoms with Crippen molar-refractivity contribution >= 4 is 223 Å². The lowest BCUT2D eigenvalue weighted by Gasteiger charge is -2.47. The van der Waals surface area contributed by atoms with Crippen molar-refractivity contribution in [2.75, 3.05) is 19.6 Å². The first-order chi connectivity index (χ1) is 60.6. The van der Waals surface area contributed by atoms with Gasteiger partial charge in [0.1, 0.15) is 0 Å². The predicted molar refractivity (Wildman–Crippen MR) is 519 cm³/mol. The second kappa shape index (κ2) is 25.8. The quantitative estimate of drug-likeness (QED) is 0.112. The number of hydrogen-bond acceptors (Lipinski definition) is 4. The summed E-state index contributed by atoms with van der Waals surface area (Å²) >= 11 is 0. The molecule has 0 saturated heterocycles. The number of para-hydroxylation sites is 6. The molecule has 0 unspecified atom stereocenters. The maximum atomic E-state index is 2.67. The molecule has 4 aliphatic rings. The van der Waals surface area contributed by atoms with Crippen molar-refractivity contribution < 1.29 is 0 Å². The predicted octanol–water partition coefficient (Wildman–Crippen LogP) is 26.3. The second-order valence-corrected chi connectivity index (χ2v) is 33.3. The summed E-state index contributed by atoms with van der Waals surface area (Å²) in [5.74, 6) is 0. The van der Waals surface area contributed by atoms with Crippen molar-refractivity contribution in [1.29, 1.82) is 0 Å². The zero-order valence-corrected chi connectivity index (χ0v) is 66.3. The maximum absolute atomic E-state index is 2.67. The summed E-state index contributed by atoms with van der Waals surface area (Å²) in [6, 6.07) is 161. The molecule has 0 atom stereocenters. The fourth-order valence-electron chi connectivity index (χ4n) is 22.1. The minimum Gasteiger partial charge on any atom is -0.311 e. The number of hydrogen-bond donors (Lipinski definition) is 0. The Morgan fingerprint density at radius 2 is 0.475 bits per heavy atom. The number of benzene rings is 21. The van der Waals surface area contributed by atoms with Crippen molar-refractivity contribution in [1.82, 2.24) is 9.13 Å². The zero-order valence-electron chi connectivity index (χ0n) is 66.3. The zero-order chi connectivity index (χ0) is 79.5. The van der Waals surface area contributed by atoms with E-state index in [0.29, 0.717) is 0 Å². The lowest BCUT2D eigenvalue weighted by Crippen LogP contribution is -2.65. The second-order valence-electron chi connectivity index (χ2n) is 33.3. The Kier molecular flexibility index (Phi) is 14.2. The number of anilines is 12. The molecule has 0 saturated carbocycles. The number of nitrogens with zero attached hydrogens (tertiary/aromatic N) is 6. The Labute approximate surface area is 704 Å². The first-order valence-corrected chi connectivity index (χ1v) is 42.4. The Morgan fingerprint density at radius 1 is 0.164 bits per heavy atom. The molecule has 6 heterocycles. The van der Waals surface area contributed by atoms with Gasteiger partial charge in [0.05, 0.1) is 33.4 Å². The van der Waals surface area contributed by atoms with Gasteiger partial charge in [-0.1, -0.05) is 285 Å². The van der Waals surface area contributed by atoms with Gasteiger partial charge in [-0.2, -0.15) is 0 Å². The summed E-state index contributed by atoms with van der Waals surface area (Å²) in [5, 5.41) is 19.7. The van der Waals surface area contributed by atoms with Gasteiger partial charge in [-0.15, -0.1) is 0 Å². The monoisotopic (exact) mass is 1540 g/mol. The van der Waals surface area contributed by atoms with Crippen LogP contribution in [0.15, 0.2) is 425 Å². The van der Waals surface area contributed by atoms with E-state index >= 15 is 0 Å². The first-order valence-electron chi connectivity index (χ1n) is 42.4. The average Bonchev–Trinajstić information content (AvgIpc) is 1.37. The van der Waals surface area contributed by atoms with Gasteiger partial charge in [0, 0.05) is 89.8 Å². The third kappa shape index (κ3) is 9.57. The summed E-state index contributed by atoms with van der Waals surface area (Å²) in [6.45, 7) is -0.432. The molecule has 0 spiro atoms. The highest BCUT2D eigenvalue weighted by Crippen LogP contribution is 2.53. The molecule has 122 heavy (non-hydrogen) atoms. The van der Waals surface area contributed by atoms with Crippen LogP contribution in [0, 0.1) is 0 Å². The van der Waals surface area contributed by atoms with Crippen LogP contribution in [-0.2, 0) is 0 Å². The summed E-state index contributed by atoms with van der Waals surface area (Å²) in [6.07, 6.45) is 0. The van der Waals surface area contributed by atoms with Crippen LogP contribution in [0.3, 0.4) is 0 Å². The molecule has 562 valence electrons. The van der Waals surface area contributed by atoms with Crippen molar-refractivity contribution in [2.45, 2.75) is 0 Å². The molecule has 2 aromatic heterocycles. The van der Waals surface area contributed by atoms with Crippen LogP contribution in [0.2, 0.25) is 0 Å². The molecule has 0 radical (unpaired) electrons. The van der Waals surface area contributed by atoms with Crippen molar-refractivity contribution in [3.8, 4) is 33.6 Å². The Balaban J connectivity index is 0.734. The van der Waals surface area contributed by atoms with Gasteiger partial charge in [-0.05, 0) is 259 Å². The largest absolute Gasteiger partial charge is 0.311 e. The van der Waals surface area contributed by atoms with E-state index in [1.165, 1.54) is 141 Å². The summed E-state index contributed by atoms with van der Waals surface area (Å²) < 4.78 is 5.15. The molecule has 0 amide bonds. The van der Waals surface area contributed by atoms with Crippen LogP contribution in [0.1, 0.15) is 0 Å². The smallest absolute Gasteiger partial charge is 0.252 e. The molecule has 8 heteroatoms. The van der Waals surface area contributed by atoms with Crippen molar-refractivity contribution in [3.63, 3.8) is 0 Å². The van der Waals surface area contributed by atoms with Crippen LogP contribution in [0.25, 0.3) is 142 Å². The van der Waals surface area contributed by atoms with Crippen molar-refractivity contribution in [2.24, 2.45) is 0 Å². The van der Waals surface area contributed by atoms with E-state index in [2.05, 4.69) is 453 Å². The molecule has 27 rings (SSSR count). The first kappa shape index (κ1) is 67.2. The topological polar surface area (TPSA) is 22.8 Å². The molecule has 0 N–H and O–H groups in total. The standard InChI is InChI=1S/C114H70B2N6/c1-5-33-77(34-6-1)117-101-51-27-25-49-95(101)115-97-69-98-106(70-105(97)119(79-37-9-3-10-38-79)109-67-81(65-107(117)113(109)115)121-99-57-55-75(63-93(99)111-85-43-19-13-29-71(85)53-59-103(111)121)91-61-73-31-15-17-41-83(73)87-45-21-23-47-89(87)91)120(80-39-11-4-12-40-80)110-68-82(66-108-114(110)116(98)96-50-26-28-52-102(96)118(108)78-35-7-2-8-36-78)122-100-58-56-76(64-94(100)112-86-44-20-14-30-72(86)54-60-104(112)122)92-62-74-32-16-18-42-84(74)88-46-22-24-48-90(88)92/h1-70H. The summed E-state index contributed by atoms with van der Waals surface area (Å²) in [7, 11) is 0. The molecule has 4 aliphatic heterocycles. The van der Waals surface area contributed by atoms with E-state index < -0.39 is 0 Å². The lowest BCUT2D eigenvalue weighted by molar-refractivity contribution is 1.16. The van der Waals surface area contributed by atoms with Crippen LogP contribution in [0.5, 0.6) is 0 Å². The molecular formula is C114H70B2N6. The Hall–Kier alpha value is -15.9. The van der Waals surface area contributed by atoms with Gasteiger partial charge in [0.2, 0.25) is 0 Å². The van der Waals surface area contributed by atoms with Gasteiger partial charge < -0.3 is 28.7 Å². The normalized spacial score (nSPS) is 13.1. The molecular weight excluding hydrogens is 1470 g/mol. The van der Waals surface area contributed by atoms with Crippen LogP contribution in [0.4, 0.5) is 68.2 Å². The van der Waals surface area contributed by atoms with Gasteiger partial charge in [-0.3, -0.25) is 0 Å². The van der Waals surface area contributed by atoms with E-state index in [0.717, 1.165) is 102 Å². The lowest BCUT2D eigenvalue weighted by atomic mass is 9.30. The van der Waals surface area contributed by atoms with Gasteiger partial charge >= 0.3 is 0 Å². The molecule has 0 aliphatic carbocycles. The molecule has 0 fully saturated rings. The summed E-state index contributed by atoms with van der Waals surface area (Å²) in [5.41, 5.74) is 32.4. The van der Waals surface area contributed by atoms with E-state index in [9.17, 15) is 0 Å².